The van der Waals surface area contributed by atoms with Gasteiger partial charge in [0.2, 0.25) is 5.91 Å². The monoisotopic (exact) mass is 254 g/mol. The molecule has 4 nitrogen and oxygen atoms in total. The predicted octanol–water partition coefficient (Wildman–Crippen LogP) is 1.44. The lowest BCUT2D eigenvalue weighted by molar-refractivity contribution is -0.130. The summed E-state index contributed by atoms with van der Waals surface area (Å²) in [5.41, 5.74) is 5.67. The van der Waals surface area contributed by atoms with Crippen LogP contribution in [0.2, 0.25) is 0 Å². The van der Waals surface area contributed by atoms with E-state index in [0.29, 0.717) is 6.54 Å². The summed E-state index contributed by atoms with van der Waals surface area (Å²) in [7, 11) is 0. The van der Waals surface area contributed by atoms with Crippen molar-refractivity contribution in [1.29, 1.82) is 0 Å². The van der Waals surface area contributed by atoms with Crippen LogP contribution in [0.5, 0.6) is 0 Å². The van der Waals surface area contributed by atoms with Gasteiger partial charge in [0.05, 0.1) is 5.41 Å². The normalized spacial score (nSPS) is 31.6. The molecule has 2 unspecified atom stereocenters. The third-order valence-corrected chi connectivity index (χ3v) is 4.35. The van der Waals surface area contributed by atoms with Gasteiger partial charge in [0.1, 0.15) is 0 Å². The molecule has 104 valence electrons. The molecule has 4 heteroatoms. The van der Waals surface area contributed by atoms with Gasteiger partial charge >= 0.3 is 0 Å². The number of hydrogen-bond acceptors (Lipinski definition) is 3. The number of nitrogens with two attached hydrogens (primary N) is 1. The fourth-order valence-electron chi connectivity index (χ4n) is 2.59. The Morgan fingerprint density at radius 3 is 2.83 bits per heavy atom. The number of nitrogens with one attached hydrogen (secondary N) is 1. The van der Waals surface area contributed by atoms with E-state index in [1.54, 1.807) is 0 Å². The molecule has 0 aliphatic heterocycles. The van der Waals surface area contributed by atoms with E-state index in [-0.39, 0.29) is 17.4 Å². The quantitative estimate of drug-likeness (QED) is 0.676. The molecular formula is C14H26N2O2. The minimum atomic E-state index is -0.352. The first-order valence-corrected chi connectivity index (χ1v) is 7.24. The van der Waals surface area contributed by atoms with Crippen LogP contribution in [0.1, 0.15) is 45.4 Å². The maximum absolute atomic E-state index is 12.1. The molecule has 0 bridgehead atoms. The Kier molecular flexibility index (Phi) is 4.62. The molecule has 2 atom stereocenters. The highest BCUT2D eigenvalue weighted by molar-refractivity contribution is 5.83. The van der Waals surface area contributed by atoms with E-state index in [1.807, 2.05) is 6.92 Å². The van der Waals surface area contributed by atoms with E-state index in [4.69, 9.17) is 10.5 Å². The van der Waals surface area contributed by atoms with E-state index in [2.05, 4.69) is 5.32 Å². The molecule has 0 aromatic rings. The van der Waals surface area contributed by atoms with E-state index in [0.717, 1.165) is 44.8 Å². The van der Waals surface area contributed by atoms with Gasteiger partial charge in [-0.25, -0.2) is 0 Å². The third kappa shape index (κ3) is 3.45. The fraction of sp³-hybridized carbons (Fsp3) is 0.929. The van der Waals surface area contributed by atoms with Crippen LogP contribution >= 0.6 is 0 Å². The summed E-state index contributed by atoms with van der Waals surface area (Å²) in [5.74, 6) is 0.935. The molecule has 2 saturated carbocycles. The zero-order chi connectivity index (χ0) is 13.0. The Bertz CT molecular complexity index is 292. The maximum Gasteiger partial charge on any atom is 0.227 e. The number of rotatable bonds is 7. The molecule has 2 aliphatic carbocycles. The second-order valence-corrected chi connectivity index (χ2v) is 6.04. The van der Waals surface area contributed by atoms with Crippen molar-refractivity contribution >= 4 is 5.91 Å². The van der Waals surface area contributed by atoms with E-state index in [9.17, 15) is 4.79 Å². The van der Waals surface area contributed by atoms with Crippen LogP contribution in [0.4, 0.5) is 0 Å². The zero-order valence-corrected chi connectivity index (χ0v) is 11.4. The van der Waals surface area contributed by atoms with Crippen molar-refractivity contribution in [2.75, 3.05) is 19.8 Å². The maximum atomic E-state index is 12.1. The second-order valence-electron chi connectivity index (χ2n) is 6.04. The van der Waals surface area contributed by atoms with Crippen molar-refractivity contribution in [2.24, 2.45) is 17.1 Å². The predicted molar refractivity (Wildman–Crippen MR) is 71.1 cm³/mol. The molecule has 3 N–H and O–H groups in total. The van der Waals surface area contributed by atoms with E-state index < -0.39 is 0 Å². The average Bonchev–Trinajstić information content (AvgIpc) is 3.11. The van der Waals surface area contributed by atoms with Crippen molar-refractivity contribution < 1.29 is 9.53 Å². The fourth-order valence-corrected chi connectivity index (χ4v) is 2.59. The van der Waals surface area contributed by atoms with Gasteiger partial charge in [-0.2, -0.15) is 0 Å². The Hall–Kier alpha value is -0.610. The molecule has 2 fully saturated rings. The van der Waals surface area contributed by atoms with Crippen LogP contribution in [-0.4, -0.2) is 31.7 Å². The van der Waals surface area contributed by atoms with Crippen LogP contribution in [0.25, 0.3) is 0 Å². The summed E-state index contributed by atoms with van der Waals surface area (Å²) in [5, 5.41) is 3.00. The topological polar surface area (TPSA) is 64.3 Å². The summed E-state index contributed by atoms with van der Waals surface area (Å²) in [6.45, 7) is 4.34. The smallest absolute Gasteiger partial charge is 0.227 e. The lowest BCUT2D eigenvalue weighted by Gasteiger charge is -2.27. The van der Waals surface area contributed by atoms with Crippen molar-refractivity contribution in [3.05, 3.63) is 0 Å². The van der Waals surface area contributed by atoms with E-state index >= 15 is 0 Å². The Morgan fingerprint density at radius 2 is 2.22 bits per heavy atom. The number of hydrogen-bond donors (Lipinski definition) is 2. The molecule has 0 radical (unpaired) electrons. The third-order valence-electron chi connectivity index (χ3n) is 4.35. The summed E-state index contributed by atoms with van der Waals surface area (Å²) >= 11 is 0. The Morgan fingerprint density at radius 1 is 1.44 bits per heavy atom. The molecule has 0 aromatic carbocycles. The van der Waals surface area contributed by atoms with Crippen LogP contribution in [0.15, 0.2) is 0 Å². The van der Waals surface area contributed by atoms with Gasteiger partial charge in [-0.15, -0.1) is 0 Å². The molecule has 2 aliphatic rings. The highest BCUT2D eigenvalue weighted by Gasteiger charge is 2.42. The Balaban J connectivity index is 1.56. The van der Waals surface area contributed by atoms with Gasteiger partial charge in [-0.1, -0.05) is 6.42 Å². The lowest BCUT2D eigenvalue weighted by atomic mass is 9.84. The van der Waals surface area contributed by atoms with Gasteiger partial charge < -0.3 is 15.8 Å². The number of carbonyl (C=O) groups is 1. The molecule has 0 heterocycles. The molecule has 1 amide bonds. The molecular weight excluding hydrogens is 228 g/mol. The standard InChI is InChI=1S/C14H26N2O2/c1-14(7-2-4-12(14)15)13(17)16-8-3-9-18-10-11-5-6-11/h11-12H,2-10,15H2,1H3,(H,16,17). The highest BCUT2D eigenvalue weighted by atomic mass is 16.5. The van der Waals surface area contributed by atoms with Crippen LogP contribution in [0.3, 0.4) is 0 Å². The van der Waals surface area contributed by atoms with Crippen LogP contribution in [-0.2, 0) is 9.53 Å². The van der Waals surface area contributed by atoms with Gasteiger partial charge in [-0.05, 0) is 44.9 Å². The summed E-state index contributed by atoms with van der Waals surface area (Å²) < 4.78 is 5.54. The second kappa shape index (κ2) is 6.02. The first-order chi connectivity index (χ1) is 8.63. The molecule has 18 heavy (non-hydrogen) atoms. The van der Waals surface area contributed by atoms with Crippen molar-refractivity contribution in [3.8, 4) is 0 Å². The van der Waals surface area contributed by atoms with E-state index in [1.165, 1.54) is 12.8 Å². The van der Waals surface area contributed by atoms with Crippen LogP contribution < -0.4 is 11.1 Å². The molecule has 0 spiro atoms. The summed E-state index contributed by atoms with van der Waals surface area (Å²) in [4.78, 5) is 12.1. The van der Waals surface area contributed by atoms with Gasteiger partial charge in [0.25, 0.3) is 0 Å². The number of carbonyl (C=O) groups excluding carboxylic acids is 1. The zero-order valence-electron chi connectivity index (χ0n) is 11.4. The number of ether oxygens (including phenoxy) is 1. The molecule has 0 saturated heterocycles. The highest BCUT2D eigenvalue weighted by Crippen LogP contribution is 2.36. The van der Waals surface area contributed by atoms with Crippen LogP contribution in [0, 0.1) is 11.3 Å². The first kappa shape index (κ1) is 13.8. The largest absolute Gasteiger partial charge is 0.381 e. The SMILES string of the molecule is CC1(C(=O)NCCCOCC2CC2)CCCC1N. The molecule has 0 aromatic heterocycles. The van der Waals surface area contributed by atoms with Gasteiger partial charge in [0.15, 0.2) is 0 Å². The Labute approximate surface area is 110 Å². The van der Waals surface area contributed by atoms with Crippen molar-refractivity contribution in [1.82, 2.24) is 5.32 Å². The van der Waals surface area contributed by atoms with Crippen molar-refractivity contribution in [2.45, 2.75) is 51.5 Å². The van der Waals surface area contributed by atoms with Gasteiger partial charge in [-0.3, -0.25) is 4.79 Å². The summed E-state index contributed by atoms with van der Waals surface area (Å²) in [6, 6.07) is 0.0172. The van der Waals surface area contributed by atoms with Gasteiger partial charge in [0, 0.05) is 25.8 Å². The minimum Gasteiger partial charge on any atom is -0.381 e. The van der Waals surface area contributed by atoms with Crippen molar-refractivity contribution in [3.63, 3.8) is 0 Å². The first-order valence-electron chi connectivity index (χ1n) is 7.24. The number of amides is 1. The average molecular weight is 254 g/mol. The lowest BCUT2D eigenvalue weighted by Crippen LogP contribution is -2.47. The summed E-state index contributed by atoms with van der Waals surface area (Å²) in [6.07, 6.45) is 6.49. The minimum absolute atomic E-state index is 0.0172. The molecule has 2 rings (SSSR count).